The SMILES string of the molecule is CCS(=O)(=O)N1CCN(Cc2cccc(C(=O)NCc3ccccc3)c2)CC1. The van der Waals surface area contributed by atoms with Gasteiger partial charge in [0.05, 0.1) is 5.75 Å². The second kappa shape index (κ2) is 9.32. The van der Waals surface area contributed by atoms with E-state index in [1.54, 1.807) is 11.2 Å². The van der Waals surface area contributed by atoms with E-state index in [-0.39, 0.29) is 11.7 Å². The number of benzene rings is 2. The van der Waals surface area contributed by atoms with Crippen LogP contribution in [0.3, 0.4) is 0 Å². The Bertz CT molecular complexity index is 892. The molecule has 0 saturated carbocycles. The molecule has 1 amide bonds. The number of piperazine rings is 1. The fourth-order valence-electron chi connectivity index (χ4n) is 3.30. The molecule has 0 atom stereocenters. The Kier molecular flexibility index (Phi) is 6.83. The molecule has 1 fully saturated rings. The van der Waals surface area contributed by atoms with Gasteiger partial charge in [0.1, 0.15) is 0 Å². The summed E-state index contributed by atoms with van der Waals surface area (Å²) in [5, 5.41) is 2.95. The lowest BCUT2D eigenvalue weighted by molar-refractivity contribution is 0.0950. The van der Waals surface area contributed by atoms with Crippen LogP contribution in [0, 0.1) is 0 Å². The van der Waals surface area contributed by atoms with Crippen LogP contribution in [-0.4, -0.2) is 55.5 Å². The molecule has 1 N–H and O–H groups in total. The van der Waals surface area contributed by atoms with E-state index in [1.165, 1.54) is 0 Å². The zero-order chi connectivity index (χ0) is 20.0. The zero-order valence-electron chi connectivity index (χ0n) is 16.2. The maximum Gasteiger partial charge on any atom is 0.251 e. The summed E-state index contributed by atoms with van der Waals surface area (Å²) in [6.07, 6.45) is 0. The number of nitrogens with zero attached hydrogens (tertiary/aromatic N) is 2. The van der Waals surface area contributed by atoms with Gasteiger partial charge in [-0.25, -0.2) is 8.42 Å². The Labute approximate surface area is 167 Å². The summed E-state index contributed by atoms with van der Waals surface area (Å²) >= 11 is 0. The van der Waals surface area contributed by atoms with Crippen molar-refractivity contribution in [3.8, 4) is 0 Å². The van der Waals surface area contributed by atoms with Gasteiger partial charge in [0.25, 0.3) is 5.91 Å². The number of nitrogens with one attached hydrogen (secondary N) is 1. The topological polar surface area (TPSA) is 69.7 Å². The lowest BCUT2D eigenvalue weighted by atomic mass is 10.1. The molecule has 1 saturated heterocycles. The van der Waals surface area contributed by atoms with E-state index in [0.29, 0.717) is 44.8 Å². The summed E-state index contributed by atoms with van der Waals surface area (Å²) in [6, 6.07) is 17.4. The van der Waals surface area contributed by atoms with Crippen molar-refractivity contribution in [2.75, 3.05) is 31.9 Å². The molecule has 0 radical (unpaired) electrons. The van der Waals surface area contributed by atoms with Crippen LogP contribution in [0.5, 0.6) is 0 Å². The maximum atomic E-state index is 12.5. The summed E-state index contributed by atoms with van der Waals surface area (Å²) in [5.41, 5.74) is 2.76. The molecular weight excluding hydrogens is 374 g/mol. The number of rotatable bonds is 7. The molecule has 3 rings (SSSR count). The number of amides is 1. The highest BCUT2D eigenvalue weighted by Crippen LogP contribution is 2.13. The highest BCUT2D eigenvalue weighted by molar-refractivity contribution is 7.89. The standard InChI is InChI=1S/C21H27N3O3S/c1-2-28(26,27)24-13-11-23(12-14-24)17-19-9-6-10-20(15-19)21(25)22-16-18-7-4-3-5-8-18/h3-10,15H,2,11-14,16-17H2,1H3,(H,22,25). The molecular formula is C21H27N3O3S. The predicted octanol–water partition coefficient (Wildman–Crippen LogP) is 2.08. The highest BCUT2D eigenvalue weighted by Gasteiger charge is 2.25. The molecule has 0 aliphatic carbocycles. The molecule has 0 unspecified atom stereocenters. The molecule has 1 aliphatic heterocycles. The van der Waals surface area contributed by atoms with Gasteiger partial charge >= 0.3 is 0 Å². The second-order valence-corrected chi connectivity index (χ2v) is 9.20. The van der Waals surface area contributed by atoms with E-state index < -0.39 is 10.0 Å². The largest absolute Gasteiger partial charge is 0.348 e. The molecule has 2 aromatic carbocycles. The summed E-state index contributed by atoms with van der Waals surface area (Å²) in [5.74, 6) is 0.0530. The van der Waals surface area contributed by atoms with Crippen molar-refractivity contribution in [3.05, 3.63) is 71.3 Å². The Morgan fingerprint density at radius 2 is 1.64 bits per heavy atom. The summed E-state index contributed by atoms with van der Waals surface area (Å²) in [7, 11) is -3.11. The van der Waals surface area contributed by atoms with E-state index in [1.807, 2.05) is 54.6 Å². The first-order valence-corrected chi connectivity index (χ1v) is 11.2. The average Bonchev–Trinajstić information content (AvgIpc) is 2.73. The van der Waals surface area contributed by atoms with E-state index in [9.17, 15) is 13.2 Å². The van der Waals surface area contributed by atoms with Crippen molar-refractivity contribution in [2.24, 2.45) is 0 Å². The van der Waals surface area contributed by atoms with Gasteiger partial charge in [0.15, 0.2) is 0 Å². The van der Waals surface area contributed by atoms with Crippen LogP contribution >= 0.6 is 0 Å². The van der Waals surface area contributed by atoms with Crippen LogP contribution in [0.15, 0.2) is 54.6 Å². The lowest BCUT2D eigenvalue weighted by Crippen LogP contribution is -2.48. The van der Waals surface area contributed by atoms with Gasteiger partial charge in [0.2, 0.25) is 10.0 Å². The van der Waals surface area contributed by atoms with Crippen LogP contribution in [0.25, 0.3) is 0 Å². The first-order valence-electron chi connectivity index (χ1n) is 9.59. The number of hydrogen-bond donors (Lipinski definition) is 1. The molecule has 0 spiro atoms. The monoisotopic (exact) mass is 401 g/mol. The Morgan fingerprint density at radius 3 is 2.32 bits per heavy atom. The Morgan fingerprint density at radius 1 is 0.964 bits per heavy atom. The van der Waals surface area contributed by atoms with Crippen molar-refractivity contribution >= 4 is 15.9 Å². The molecule has 7 heteroatoms. The maximum absolute atomic E-state index is 12.5. The normalized spacial score (nSPS) is 16.0. The zero-order valence-corrected chi connectivity index (χ0v) is 17.0. The first-order chi connectivity index (χ1) is 13.5. The molecule has 0 aromatic heterocycles. The van der Waals surface area contributed by atoms with Gasteiger partial charge < -0.3 is 5.32 Å². The molecule has 150 valence electrons. The van der Waals surface area contributed by atoms with Gasteiger partial charge in [-0.3, -0.25) is 9.69 Å². The van der Waals surface area contributed by atoms with Crippen molar-refractivity contribution < 1.29 is 13.2 Å². The van der Waals surface area contributed by atoms with E-state index in [4.69, 9.17) is 0 Å². The number of carbonyl (C=O) groups is 1. The van der Waals surface area contributed by atoms with Crippen molar-refractivity contribution in [3.63, 3.8) is 0 Å². The number of carbonyl (C=O) groups excluding carboxylic acids is 1. The minimum absolute atomic E-state index is 0.0930. The second-order valence-electron chi connectivity index (χ2n) is 6.94. The van der Waals surface area contributed by atoms with E-state index in [2.05, 4.69) is 10.2 Å². The van der Waals surface area contributed by atoms with E-state index in [0.717, 1.165) is 11.1 Å². The molecule has 0 bridgehead atoms. The minimum Gasteiger partial charge on any atom is -0.348 e. The fraction of sp³-hybridized carbons (Fsp3) is 0.381. The van der Waals surface area contributed by atoms with Crippen LogP contribution in [-0.2, 0) is 23.1 Å². The molecule has 28 heavy (non-hydrogen) atoms. The molecule has 2 aromatic rings. The van der Waals surface area contributed by atoms with Gasteiger partial charge in [-0.15, -0.1) is 0 Å². The third-order valence-corrected chi connectivity index (χ3v) is 6.86. The molecule has 6 nitrogen and oxygen atoms in total. The minimum atomic E-state index is -3.11. The van der Waals surface area contributed by atoms with Crippen molar-refractivity contribution in [2.45, 2.75) is 20.0 Å². The predicted molar refractivity (Wildman–Crippen MR) is 110 cm³/mol. The Hall–Kier alpha value is -2.22. The number of sulfonamides is 1. The van der Waals surface area contributed by atoms with Gasteiger partial charge in [-0.2, -0.15) is 4.31 Å². The van der Waals surface area contributed by atoms with Gasteiger partial charge in [0, 0.05) is 44.8 Å². The Balaban J connectivity index is 1.54. The first kappa shape index (κ1) is 20.5. The third-order valence-electron chi connectivity index (χ3n) is 4.98. The van der Waals surface area contributed by atoms with Crippen LogP contribution < -0.4 is 5.32 Å². The smallest absolute Gasteiger partial charge is 0.251 e. The fourth-order valence-corrected chi connectivity index (χ4v) is 4.38. The van der Waals surface area contributed by atoms with Crippen LogP contribution in [0.4, 0.5) is 0 Å². The van der Waals surface area contributed by atoms with Crippen LogP contribution in [0.1, 0.15) is 28.4 Å². The molecule has 1 aliphatic rings. The lowest BCUT2D eigenvalue weighted by Gasteiger charge is -2.33. The van der Waals surface area contributed by atoms with Crippen LogP contribution in [0.2, 0.25) is 0 Å². The van der Waals surface area contributed by atoms with Crippen molar-refractivity contribution in [1.82, 2.24) is 14.5 Å². The quantitative estimate of drug-likeness (QED) is 0.771. The van der Waals surface area contributed by atoms with Gasteiger partial charge in [-0.05, 0) is 30.2 Å². The average molecular weight is 402 g/mol. The van der Waals surface area contributed by atoms with Crippen molar-refractivity contribution in [1.29, 1.82) is 0 Å². The van der Waals surface area contributed by atoms with Gasteiger partial charge in [-0.1, -0.05) is 42.5 Å². The summed E-state index contributed by atoms with van der Waals surface area (Å²) in [6.45, 7) is 5.32. The third kappa shape index (κ3) is 5.41. The van der Waals surface area contributed by atoms with E-state index >= 15 is 0 Å². The highest BCUT2D eigenvalue weighted by atomic mass is 32.2. The summed E-state index contributed by atoms with van der Waals surface area (Å²) in [4.78, 5) is 14.7. The summed E-state index contributed by atoms with van der Waals surface area (Å²) < 4.78 is 25.5. The molecule has 1 heterocycles. The number of hydrogen-bond acceptors (Lipinski definition) is 4.